The molecule has 3 nitrogen and oxygen atoms in total. The lowest BCUT2D eigenvalue weighted by molar-refractivity contribution is -0.137. The second kappa shape index (κ2) is 3.77. The Kier molecular flexibility index (Phi) is 2.70. The van der Waals surface area contributed by atoms with E-state index in [4.69, 9.17) is 5.11 Å². The van der Waals surface area contributed by atoms with Crippen LogP contribution in [-0.4, -0.2) is 16.2 Å². The maximum Gasteiger partial charge on any atom is 0.304 e. The van der Waals surface area contributed by atoms with Gasteiger partial charge in [0.15, 0.2) is 0 Å². The van der Waals surface area contributed by atoms with E-state index in [0.29, 0.717) is 0 Å². The molecule has 1 fully saturated rings. The van der Waals surface area contributed by atoms with Crippen molar-refractivity contribution in [1.82, 2.24) is 0 Å². The summed E-state index contributed by atoms with van der Waals surface area (Å²) in [4.78, 5) is 10.8. The first kappa shape index (κ1) is 11.5. The van der Waals surface area contributed by atoms with Gasteiger partial charge in [-0.1, -0.05) is 15.9 Å². The highest BCUT2D eigenvalue weighted by atomic mass is 79.9. The van der Waals surface area contributed by atoms with Crippen molar-refractivity contribution in [2.45, 2.75) is 31.6 Å². The average Bonchev–Trinajstić information content (AvgIpc) is 2.91. The Hall–Kier alpha value is -1.03. The molecule has 0 radical (unpaired) electrons. The van der Waals surface area contributed by atoms with E-state index in [1.807, 2.05) is 19.1 Å². The molecule has 2 rings (SSSR count). The maximum absolute atomic E-state index is 10.8. The van der Waals surface area contributed by atoms with E-state index >= 15 is 0 Å². The molecule has 86 valence electrons. The zero-order valence-electron chi connectivity index (χ0n) is 8.96. The van der Waals surface area contributed by atoms with Gasteiger partial charge in [0.2, 0.25) is 0 Å². The molecule has 1 aliphatic carbocycles. The van der Waals surface area contributed by atoms with Gasteiger partial charge in [-0.05, 0) is 37.5 Å². The van der Waals surface area contributed by atoms with Gasteiger partial charge >= 0.3 is 5.97 Å². The lowest BCUT2D eigenvalue weighted by Gasteiger charge is -2.16. The number of aliphatic carboxylic acids is 1. The van der Waals surface area contributed by atoms with Crippen molar-refractivity contribution >= 4 is 21.9 Å². The van der Waals surface area contributed by atoms with Crippen LogP contribution in [0.3, 0.4) is 0 Å². The molecule has 0 spiro atoms. The fraction of sp³-hybridized carbons (Fsp3) is 0.417. The van der Waals surface area contributed by atoms with Gasteiger partial charge in [0.1, 0.15) is 5.75 Å². The highest BCUT2D eigenvalue weighted by molar-refractivity contribution is 9.10. The number of carboxylic acids is 1. The van der Waals surface area contributed by atoms with Crippen LogP contribution in [0.25, 0.3) is 0 Å². The van der Waals surface area contributed by atoms with Crippen LogP contribution in [0.4, 0.5) is 0 Å². The van der Waals surface area contributed by atoms with Gasteiger partial charge in [0.25, 0.3) is 0 Å². The van der Waals surface area contributed by atoms with E-state index in [-0.39, 0.29) is 17.6 Å². The number of aryl methyl sites for hydroxylation is 1. The molecule has 16 heavy (non-hydrogen) atoms. The summed E-state index contributed by atoms with van der Waals surface area (Å²) in [7, 11) is 0. The molecule has 0 saturated heterocycles. The summed E-state index contributed by atoms with van der Waals surface area (Å²) in [5, 5.41) is 18.9. The van der Waals surface area contributed by atoms with Gasteiger partial charge in [-0.3, -0.25) is 4.79 Å². The Morgan fingerprint density at radius 3 is 2.62 bits per heavy atom. The van der Waals surface area contributed by atoms with Crippen molar-refractivity contribution in [3.63, 3.8) is 0 Å². The zero-order valence-corrected chi connectivity index (χ0v) is 10.5. The second-order valence-electron chi connectivity index (χ2n) is 4.47. The summed E-state index contributed by atoms with van der Waals surface area (Å²) in [5.41, 5.74) is 1.20. The first-order valence-electron chi connectivity index (χ1n) is 5.16. The molecule has 0 aliphatic heterocycles. The van der Waals surface area contributed by atoms with Crippen molar-refractivity contribution in [1.29, 1.82) is 0 Å². The fourth-order valence-corrected chi connectivity index (χ4v) is 2.69. The molecule has 0 heterocycles. The number of carboxylic acid groups (broad SMARTS) is 1. The van der Waals surface area contributed by atoms with E-state index in [1.165, 1.54) is 0 Å². The highest BCUT2D eigenvalue weighted by Gasteiger charge is 2.47. The van der Waals surface area contributed by atoms with Gasteiger partial charge in [-0.15, -0.1) is 0 Å². The summed E-state index contributed by atoms with van der Waals surface area (Å²) in [5.74, 6) is -0.573. The van der Waals surface area contributed by atoms with Crippen LogP contribution in [0.5, 0.6) is 5.75 Å². The Bertz CT molecular complexity index is 450. The van der Waals surface area contributed by atoms with Crippen LogP contribution in [0.1, 0.15) is 30.4 Å². The molecular weight excluding hydrogens is 272 g/mol. The number of hydrogen-bond acceptors (Lipinski definition) is 2. The number of hydrogen-bond donors (Lipinski definition) is 2. The van der Waals surface area contributed by atoms with Crippen molar-refractivity contribution in [2.75, 3.05) is 0 Å². The Morgan fingerprint density at radius 1 is 1.50 bits per heavy atom. The third-order valence-electron chi connectivity index (χ3n) is 3.18. The molecule has 0 amide bonds. The standard InChI is InChI=1S/C12H13BrO3/c1-7-4-8(13)5-9(11(7)16)12(2-3-12)6-10(14)15/h4-5,16H,2-3,6H2,1H3,(H,14,15). The number of benzene rings is 1. The van der Waals surface area contributed by atoms with E-state index in [1.54, 1.807) is 0 Å². The molecule has 1 aromatic rings. The predicted molar refractivity (Wildman–Crippen MR) is 63.7 cm³/mol. The Labute approximate surface area is 102 Å². The first-order valence-corrected chi connectivity index (χ1v) is 5.95. The van der Waals surface area contributed by atoms with Crippen molar-refractivity contribution in [3.8, 4) is 5.75 Å². The molecule has 0 bridgehead atoms. The Morgan fingerprint density at radius 2 is 2.12 bits per heavy atom. The molecule has 0 unspecified atom stereocenters. The number of rotatable bonds is 3. The second-order valence-corrected chi connectivity index (χ2v) is 5.39. The van der Waals surface area contributed by atoms with E-state index < -0.39 is 5.97 Å². The molecule has 2 N–H and O–H groups in total. The summed E-state index contributed by atoms with van der Waals surface area (Å²) in [6.07, 6.45) is 1.77. The third-order valence-corrected chi connectivity index (χ3v) is 3.64. The van der Waals surface area contributed by atoms with Crippen LogP contribution >= 0.6 is 15.9 Å². The smallest absolute Gasteiger partial charge is 0.304 e. The number of halogens is 1. The average molecular weight is 285 g/mol. The van der Waals surface area contributed by atoms with E-state index in [0.717, 1.165) is 28.4 Å². The van der Waals surface area contributed by atoms with Crippen LogP contribution < -0.4 is 0 Å². The van der Waals surface area contributed by atoms with Crippen LogP contribution in [-0.2, 0) is 10.2 Å². The predicted octanol–water partition coefficient (Wildman–Crippen LogP) is 2.97. The summed E-state index contributed by atoms with van der Waals surface area (Å²) < 4.78 is 0.884. The monoisotopic (exact) mass is 284 g/mol. The van der Waals surface area contributed by atoms with Crippen molar-refractivity contribution < 1.29 is 15.0 Å². The number of phenolic OH excluding ortho intramolecular Hbond substituents is 1. The number of aromatic hydroxyl groups is 1. The first-order chi connectivity index (χ1) is 7.44. The minimum Gasteiger partial charge on any atom is -0.507 e. The zero-order chi connectivity index (χ0) is 11.9. The lowest BCUT2D eigenvalue weighted by Crippen LogP contribution is -2.13. The maximum atomic E-state index is 10.8. The quantitative estimate of drug-likeness (QED) is 0.897. The van der Waals surface area contributed by atoms with Crippen LogP contribution in [0.15, 0.2) is 16.6 Å². The fourth-order valence-electron chi connectivity index (χ4n) is 2.12. The number of carbonyl (C=O) groups is 1. The minimum atomic E-state index is -0.811. The van der Waals surface area contributed by atoms with Gasteiger partial charge in [-0.2, -0.15) is 0 Å². The SMILES string of the molecule is Cc1cc(Br)cc(C2(CC(=O)O)CC2)c1O. The van der Waals surface area contributed by atoms with Gasteiger partial charge in [0, 0.05) is 15.5 Å². The normalized spacial score (nSPS) is 17.1. The van der Waals surface area contributed by atoms with Gasteiger partial charge in [0.05, 0.1) is 6.42 Å². The van der Waals surface area contributed by atoms with Crippen LogP contribution in [0.2, 0.25) is 0 Å². The summed E-state index contributed by atoms with van der Waals surface area (Å²) in [6, 6.07) is 3.66. The van der Waals surface area contributed by atoms with Crippen molar-refractivity contribution in [2.24, 2.45) is 0 Å². The highest BCUT2D eigenvalue weighted by Crippen LogP contribution is 2.54. The lowest BCUT2D eigenvalue weighted by atomic mass is 9.90. The molecule has 0 aromatic heterocycles. The Balaban J connectivity index is 2.44. The van der Waals surface area contributed by atoms with Crippen molar-refractivity contribution in [3.05, 3.63) is 27.7 Å². The van der Waals surface area contributed by atoms with Crippen LogP contribution in [0, 0.1) is 6.92 Å². The molecule has 0 atom stereocenters. The van der Waals surface area contributed by atoms with E-state index in [9.17, 15) is 9.90 Å². The van der Waals surface area contributed by atoms with Gasteiger partial charge < -0.3 is 10.2 Å². The topological polar surface area (TPSA) is 57.5 Å². The minimum absolute atomic E-state index is 0.0937. The molecule has 1 aliphatic rings. The summed E-state index contributed by atoms with van der Waals surface area (Å²) in [6.45, 7) is 1.82. The summed E-state index contributed by atoms with van der Waals surface area (Å²) >= 11 is 3.38. The molecular formula is C12H13BrO3. The molecule has 1 aromatic carbocycles. The largest absolute Gasteiger partial charge is 0.507 e. The van der Waals surface area contributed by atoms with Gasteiger partial charge in [-0.25, -0.2) is 0 Å². The number of phenols is 1. The third kappa shape index (κ3) is 1.94. The molecule has 1 saturated carbocycles. The molecule has 4 heteroatoms. The van der Waals surface area contributed by atoms with E-state index in [2.05, 4.69) is 15.9 Å².